The van der Waals surface area contributed by atoms with Crippen molar-refractivity contribution in [1.29, 1.82) is 0 Å². The summed E-state index contributed by atoms with van der Waals surface area (Å²) in [6, 6.07) is 3.46. The topological polar surface area (TPSA) is 57.2 Å². The van der Waals surface area contributed by atoms with Crippen LogP contribution in [0, 0.1) is 0 Å². The average molecular weight is 246 g/mol. The molecule has 96 valence electrons. The van der Waals surface area contributed by atoms with Crippen molar-refractivity contribution in [1.82, 2.24) is 4.57 Å². The van der Waals surface area contributed by atoms with Crippen molar-refractivity contribution in [2.75, 3.05) is 12.3 Å². The van der Waals surface area contributed by atoms with Gasteiger partial charge in [0.2, 0.25) is 0 Å². The van der Waals surface area contributed by atoms with Crippen molar-refractivity contribution in [2.24, 2.45) is 0 Å². The van der Waals surface area contributed by atoms with Gasteiger partial charge in [-0.2, -0.15) is 0 Å². The zero-order valence-electron chi connectivity index (χ0n) is 10.4. The zero-order chi connectivity index (χ0) is 12.6. The molecule has 1 aliphatic carbocycles. The minimum absolute atomic E-state index is 0.0490. The van der Waals surface area contributed by atoms with Gasteiger partial charge in [0, 0.05) is 18.5 Å². The van der Waals surface area contributed by atoms with E-state index in [9.17, 15) is 4.79 Å². The highest BCUT2D eigenvalue weighted by molar-refractivity contribution is 5.50. The first-order valence-electron chi connectivity index (χ1n) is 6.51. The van der Waals surface area contributed by atoms with Gasteiger partial charge in [-0.05, 0) is 44.2 Å². The number of pyridine rings is 1. The lowest BCUT2D eigenvalue weighted by Crippen LogP contribution is -2.31. The summed E-state index contributed by atoms with van der Waals surface area (Å²) in [5, 5.41) is 0. The summed E-state index contributed by atoms with van der Waals surface area (Å²) in [6.45, 7) is 0.876. The number of hydrogen-bond donors (Lipinski definition) is 1. The summed E-state index contributed by atoms with van der Waals surface area (Å²) < 4.78 is 7.53. The number of ether oxygens (including phenoxy) is 1. The molecule has 2 aliphatic rings. The normalized spacial score (nSPS) is 27.4. The molecular formula is C14H18N2O2. The Balaban J connectivity index is 1.89. The SMILES string of the molecule is Nc1cccn(C2=CC[C@]3(CCCO3)CC2)c1=O. The maximum atomic E-state index is 11.9. The van der Waals surface area contributed by atoms with Crippen LogP contribution in [-0.4, -0.2) is 16.8 Å². The first kappa shape index (κ1) is 11.5. The van der Waals surface area contributed by atoms with Crippen LogP contribution in [0.5, 0.6) is 0 Å². The molecule has 1 aliphatic heterocycles. The molecule has 4 heteroatoms. The molecule has 1 atom stereocenters. The lowest BCUT2D eigenvalue weighted by Gasteiger charge is -2.32. The Morgan fingerprint density at radius 3 is 2.94 bits per heavy atom. The fourth-order valence-electron chi connectivity index (χ4n) is 2.93. The summed E-state index contributed by atoms with van der Waals surface area (Å²) >= 11 is 0. The second-order valence-corrected chi connectivity index (χ2v) is 5.17. The van der Waals surface area contributed by atoms with E-state index in [1.54, 1.807) is 16.8 Å². The molecule has 3 rings (SSSR count). The molecule has 1 saturated heterocycles. The molecule has 0 amide bonds. The number of rotatable bonds is 1. The van der Waals surface area contributed by atoms with Crippen LogP contribution < -0.4 is 11.3 Å². The van der Waals surface area contributed by atoms with Gasteiger partial charge in [-0.1, -0.05) is 6.08 Å². The largest absolute Gasteiger partial charge is 0.394 e. The standard InChI is InChI=1S/C14H18N2O2/c15-12-3-1-9-16(13(12)17)11-4-7-14(8-5-11)6-2-10-18-14/h1,3-4,9H,2,5-8,10,15H2/t14-/m1/s1. The molecule has 0 bridgehead atoms. The van der Waals surface area contributed by atoms with E-state index in [0.29, 0.717) is 5.69 Å². The minimum Gasteiger partial charge on any atom is -0.394 e. The number of nitrogens with zero attached hydrogens (tertiary/aromatic N) is 1. The van der Waals surface area contributed by atoms with Crippen LogP contribution in [0.3, 0.4) is 0 Å². The molecule has 2 heterocycles. The van der Waals surface area contributed by atoms with E-state index in [1.165, 1.54) is 0 Å². The van der Waals surface area contributed by atoms with Crippen LogP contribution in [0.1, 0.15) is 32.1 Å². The van der Waals surface area contributed by atoms with Gasteiger partial charge in [-0.3, -0.25) is 9.36 Å². The lowest BCUT2D eigenvalue weighted by atomic mass is 9.85. The molecular weight excluding hydrogens is 228 g/mol. The molecule has 18 heavy (non-hydrogen) atoms. The number of nitrogen functional groups attached to an aromatic ring is 1. The molecule has 0 radical (unpaired) electrons. The van der Waals surface area contributed by atoms with Crippen LogP contribution >= 0.6 is 0 Å². The van der Waals surface area contributed by atoms with Crippen molar-refractivity contribution in [2.45, 2.75) is 37.7 Å². The molecule has 1 spiro atoms. The lowest BCUT2D eigenvalue weighted by molar-refractivity contribution is -0.00206. The van der Waals surface area contributed by atoms with E-state index in [0.717, 1.165) is 44.4 Å². The third-order valence-corrected chi connectivity index (χ3v) is 4.02. The highest BCUT2D eigenvalue weighted by atomic mass is 16.5. The van der Waals surface area contributed by atoms with Gasteiger partial charge in [0.15, 0.2) is 0 Å². The fraction of sp³-hybridized carbons (Fsp3) is 0.500. The van der Waals surface area contributed by atoms with E-state index in [1.807, 2.05) is 6.07 Å². The summed E-state index contributed by atoms with van der Waals surface area (Å²) in [5.74, 6) is 0. The Hall–Kier alpha value is -1.55. The first-order valence-corrected chi connectivity index (χ1v) is 6.51. The number of anilines is 1. The van der Waals surface area contributed by atoms with Crippen LogP contribution in [0.25, 0.3) is 5.70 Å². The van der Waals surface area contributed by atoms with Gasteiger partial charge >= 0.3 is 0 Å². The van der Waals surface area contributed by atoms with Gasteiger partial charge in [0.25, 0.3) is 5.56 Å². The average Bonchev–Trinajstić information content (AvgIpc) is 2.83. The van der Waals surface area contributed by atoms with E-state index in [-0.39, 0.29) is 11.2 Å². The predicted molar refractivity (Wildman–Crippen MR) is 71.2 cm³/mol. The highest BCUT2D eigenvalue weighted by Crippen LogP contribution is 2.39. The van der Waals surface area contributed by atoms with Gasteiger partial charge in [-0.25, -0.2) is 0 Å². The molecule has 1 aromatic rings. The number of nitrogens with two attached hydrogens (primary N) is 1. The maximum Gasteiger partial charge on any atom is 0.277 e. The highest BCUT2D eigenvalue weighted by Gasteiger charge is 2.36. The van der Waals surface area contributed by atoms with Crippen molar-refractivity contribution >= 4 is 11.4 Å². The number of hydrogen-bond acceptors (Lipinski definition) is 3. The van der Waals surface area contributed by atoms with Crippen LogP contribution in [0.2, 0.25) is 0 Å². The molecule has 1 aromatic heterocycles. The molecule has 2 N–H and O–H groups in total. The van der Waals surface area contributed by atoms with Gasteiger partial charge < -0.3 is 10.5 Å². The third kappa shape index (κ3) is 1.86. The Morgan fingerprint density at radius 2 is 2.28 bits per heavy atom. The van der Waals surface area contributed by atoms with E-state index in [4.69, 9.17) is 10.5 Å². The maximum absolute atomic E-state index is 11.9. The molecule has 0 aromatic carbocycles. The second-order valence-electron chi connectivity index (χ2n) is 5.17. The Bertz CT molecular complexity index is 539. The Labute approximate surface area is 106 Å². The summed E-state index contributed by atoms with van der Waals surface area (Å²) in [4.78, 5) is 11.9. The van der Waals surface area contributed by atoms with E-state index >= 15 is 0 Å². The van der Waals surface area contributed by atoms with Gasteiger partial charge in [0.1, 0.15) is 0 Å². The smallest absolute Gasteiger partial charge is 0.277 e. The predicted octanol–water partition coefficient (Wildman–Crippen LogP) is 2.00. The summed E-state index contributed by atoms with van der Waals surface area (Å²) in [5.41, 5.74) is 6.94. The first-order chi connectivity index (χ1) is 8.70. The van der Waals surface area contributed by atoms with Crippen LogP contribution in [0.4, 0.5) is 5.69 Å². The second kappa shape index (κ2) is 4.28. The molecule has 1 fully saturated rings. The van der Waals surface area contributed by atoms with Crippen molar-refractivity contribution in [3.8, 4) is 0 Å². The molecule has 0 saturated carbocycles. The third-order valence-electron chi connectivity index (χ3n) is 4.02. The van der Waals surface area contributed by atoms with Crippen molar-refractivity contribution in [3.63, 3.8) is 0 Å². The fourth-order valence-corrected chi connectivity index (χ4v) is 2.93. The Morgan fingerprint density at radius 1 is 1.39 bits per heavy atom. The van der Waals surface area contributed by atoms with E-state index < -0.39 is 0 Å². The molecule has 0 unspecified atom stereocenters. The summed E-state index contributed by atoms with van der Waals surface area (Å²) in [7, 11) is 0. The van der Waals surface area contributed by atoms with Gasteiger partial charge in [0.05, 0.1) is 11.3 Å². The quantitative estimate of drug-likeness (QED) is 0.824. The minimum atomic E-state index is -0.118. The summed E-state index contributed by atoms with van der Waals surface area (Å²) in [6.07, 6.45) is 9.00. The number of aromatic nitrogens is 1. The zero-order valence-corrected chi connectivity index (χ0v) is 10.4. The number of allylic oxidation sites excluding steroid dienone is 1. The van der Waals surface area contributed by atoms with Crippen molar-refractivity contribution in [3.05, 3.63) is 34.8 Å². The van der Waals surface area contributed by atoms with Crippen LogP contribution in [0.15, 0.2) is 29.2 Å². The van der Waals surface area contributed by atoms with Gasteiger partial charge in [-0.15, -0.1) is 0 Å². The van der Waals surface area contributed by atoms with Crippen LogP contribution in [-0.2, 0) is 4.74 Å². The Kier molecular flexibility index (Phi) is 2.74. The monoisotopic (exact) mass is 246 g/mol. The molecule has 4 nitrogen and oxygen atoms in total. The van der Waals surface area contributed by atoms with E-state index in [2.05, 4.69) is 6.08 Å². The van der Waals surface area contributed by atoms with Crippen molar-refractivity contribution < 1.29 is 4.74 Å².